The first kappa shape index (κ1) is 11.3. The summed E-state index contributed by atoms with van der Waals surface area (Å²) in [6, 6.07) is 6.73. The van der Waals surface area contributed by atoms with Crippen molar-refractivity contribution < 1.29 is 9.13 Å². The lowest BCUT2D eigenvalue weighted by molar-refractivity contribution is 0.251. The molecule has 0 amide bonds. The summed E-state index contributed by atoms with van der Waals surface area (Å²) in [7, 11) is 0. The number of thioether (sulfide) groups is 1. The van der Waals surface area contributed by atoms with Gasteiger partial charge in [-0.05, 0) is 24.5 Å². The molecule has 0 spiro atoms. The first-order valence-electron chi connectivity index (χ1n) is 5.05. The van der Waals surface area contributed by atoms with Gasteiger partial charge in [-0.3, -0.25) is 0 Å². The van der Waals surface area contributed by atoms with Crippen LogP contribution < -0.4 is 4.74 Å². The fourth-order valence-corrected chi connectivity index (χ4v) is 2.87. The Bertz CT molecular complexity index is 443. The predicted octanol–water partition coefficient (Wildman–Crippen LogP) is 2.73. The van der Waals surface area contributed by atoms with Crippen molar-refractivity contribution in [3.8, 4) is 11.8 Å². The lowest BCUT2D eigenvalue weighted by atomic mass is 9.79. The molecule has 84 valence electrons. The van der Waals surface area contributed by atoms with Crippen molar-refractivity contribution in [2.75, 3.05) is 18.6 Å². The van der Waals surface area contributed by atoms with E-state index in [1.165, 1.54) is 12.1 Å². The van der Waals surface area contributed by atoms with Gasteiger partial charge in [0.25, 0.3) is 0 Å². The number of nitriles is 1. The maximum absolute atomic E-state index is 13.2. The van der Waals surface area contributed by atoms with Crippen molar-refractivity contribution in [1.82, 2.24) is 0 Å². The Morgan fingerprint density at radius 2 is 2.44 bits per heavy atom. The van der Waals surface area contributed by atoms with Crippen LogP contribution in [-0.2, 0) is 5.41 Å². The molecule has 4 heteroatoms. The van der Waals surface area contributed by atoms with Gasteiger partial charge in [0.15, 0.2) is 0 Å². The number of benzene rings is 1. The summed E-state index contributed by atoms with van der Waals surface area (Å²) in [5.41, 5.74) is 0.0883. The molecule has 1 aliphatic rings. The molecule has 16 heavy (non-hydrogen) atoms. The van der Waals surface area contributed by atoms with Crippen LogP contribution in [0.1, 0.15) is 12.0 Å². The van der Waals surface area contributed by atoms with Crippen LogP contribution in [0.4, 0.5) is 4.39 Å². The molecule has 2 nitrogen and oxygen atoms in total. The summed E-state index contributed by atoms with van der Waals surface area (Å²) in [6.45, 7) is 0.521. The molecule has 0 fully saturated rings. The molecule has 0 bridgehead atoms. The van der Waals surface area contributed by atoms with Gasteiger partial charge in [0.05, 0.1) is 18.1 Å². The highest BCUT2D eigenvalue weighted by Crippen LogP contribution is 2.40. The molecule has 0 aromatic heterocycles. The summed E-state index contributed by atoms with van der Waals surface area (Å²) in [6.07, 6.45) is 2.58. The number of nitrogens with zero attached hydrogens (tertiary/aromatic N) is 1. The highest BCUT2D eigenvalue weighted by molar-refractivity contribution is 7.98. The zero-order valence-electron chi connectivity index (χ0n) is 9.00. The van der Waals surface area contributed by atoms with Gasteiger partial charge >= 0.3 is 0 Å². The van der Waals surface area contributed by atoms with Crippen LogP contribution in [0.15, 0.2) is 18.2 Å². The molecule has 0 radical (unpaired) electrons. The minimum Gasteiger partial charge on any atom is -0.493 e. The average molecular weight is 237 g/mol. The third-order valence-corrected chi connectivity index (χ3v) is 3.63. The summed E-state index contributed by atoms with van der Waals surface area (Å²) >= 11 is 1.60. The first-order chi connectivity index (χ1) is 7.72. The summed E-state index contributed by atoms with van der Waals surface area (Å²) < 4.78 is 18.7. The van der Waals surface area contributed by atoms with E-state index < -0.39 is 5.41 Å². The second kappa shape index (κ2) is 4.34. The summed E-state index contributed by atoms with van der Waals surface area (Å²) in [5, 5.41) is 9.37. The topological polar surface area (TPSA) is 33.0 Å². The molecule has 1 heterocycles. The van der Waals surface area contributed by atoms with E-state index in [0.717, 1.165) is 0 Å². The van der Waals surface area contributed by atoms with Crippen LogP contribution in [0.25, 0.3) is 0 Å². The highest BCUT2D eigenvalue weighted by atomic mass is 32.2. The largest absolute Gasteiger partial charge is 0.493 e. The van der Waals surface area contributed by atoms with Crippen molar-refractivity contribution in [1.29, 1.82) is 5.26 Å². The third kappa shape index (κ3) is 1.76. The second-order valence-electron chi connectivity index (χ2n) is 3.87. The number of halogens is 1. The molecule has 1 unspecified atom stereocenters. The monoisotopic (exact) mass is 237 g/mol. The molecular formula is C12H12FNOS. The Balaban J connectivity index is 2.53. The van der Waals surface area contributed by atoms with Gasteiger partial charge in [-0.1, -0.05) is 0 Å². The van der Waals surface area contributed by atoms with E-state index in [9.17, 15) is 9.65 Å². The van der Waals surface area contributed by atoms with Crippen LogP contribution in [0.2, 0.25) is 0 Å². The SMILES string of the molecule is CSCC1(C#N)CCOc2ccc(F)cc21. The molecule has 1 aromatic rings. The smallest absolute Gasteiger partial charge is 0.124 e. The molecule has 0 saturated heterocycles. The second-order valence-corrected chi connectivity index (χ2v) is 4.73. The Morgan fingerprint density at radius 1 is 1.62 bits per heavy atom. The van der Waals surface area contributed by atoms with Gasteiger partial charge in [-0.2, -0.15) is 17.0 Å². The van der Waals surface area contributed by atoms with Gasteiger partial charge in [0.2, 0.25) is 0 Å². The normalized spacial score (nSPS) is 23.1. The number of fused-ring (bicyclic) bond motifs is 1. The number of hydrogen-bond donors (Lipinski definition) is 0. The van der Waals surface area contributed by atoms with Gasteiger partial charge in [0, 0.05) is 17.7 Å². The molecule has 0 aliphatic carbocycles. The van der Waals surface area contributed by atoms with Crippen molar-refractivity contribution in [3.63, 3.8) is 0 Å². The summed E-state index contributed by atoms with van der Waals surface area (Å²) in [4.78, 5) is 0. The standard InChI is InChI=1S/C12H12FNOS/c1-16-8-12(7-14)4-5-15-11-3-2-9(13)6-10(11)12/h2-3,6H,4-5,8H2,1H3. The molecule has 2 rings (SSSR count). The molecule has 0 N–H and O–H groups in total. The van der Waals surface area contributed by atoms with E-state index in [-0.39, 0.29) is 5.82 Å². The quantitative estimate of drug-likeness (QED) is 0.793. The van der Waals surface area contributed by atoms with Crippen LogP contribution in [0.5, 0.6) is 5.75 Å². The maximum Gasteiger partial charge on any atom is 0.124 e. The molecule has 1 aromatic carbocycles. The molecule has 1 atom stereocenters. The number of rotatable bonds is 2. The van der Waals surface area contributed by atoms with Crippen molar-refractivity contribution >= 4 is 11.8 Å². The van der Waals surface area contributed by atoms with Gasteiger partial charge < -0.3 is 4.74 Å². The van der Waals surface area contributed by atoms with Crippen LogP contribution in [0.3, 0.4) is 0 Å². The van der Waals surface area contributed by atoms with Crippen LogP contribution in [0, 0.1) is 17.1 Å². The highest BCUT2D eigenvalue weighted by Gasteiger charge is 2.38. The Labute approximate surface area is 98.4 Å². The maximum atomic E-state index is 13.2. The Morgan fingerprint density at radius 3 is 3.12 bits per heavy atom. The molecular weight excluding hydrogens is 225 g/mol. The lowest BCUT2D eigenvalue weighted by Crippen LogP contribution is -2.34. The average Bonchev–Trinajstić information content (AvgIpc) is 2.30. The van der Waals surface area contributed by atoms with E-state index in [1.54, 1.807) is 17.8 Å². The fraction of sp³-hybridized carbons (Fsp3) is 0.417. The number of hydrogen-bond acceptors (Lipinski definition) is 3. The third-order valence-electron chi connectivity index (χ3n) is 2.85. The Hall–Kier alpha value is -1.21. The van der Waals surface area contributed by atoms with Gasteiger partial charge in [0.1, 0.15) is 11.6 Å². The van der Waals surface area contributed by atoms with Crippen LogP contribution >= 0.6 is 11.8 Å². The van der Waals surface area contributed by atoms with Crippen molar-refractivity contribution in [3.05, 3.63) is 29.6 Å². The van der Waals surface area contributed by atoms with E-state index in [0.29, 0.717) is 30.1 Å². The summed E-state index contributed by atoms with van der Waals surface area (Å²) in [5.74, 6) is 0.997. The van der Waals surface area contributed by atoms with E-state index >= 15 is 0 Å². The first-order valence-corrected chi connectivity index (χ1v) is 6.44. The lowest BCUT2D eigenvalue weighted by Gasteiger charge is -2.32. The zero-order chi connectivity index (χ0) is 11.6. The van der Waals surface area contributed by atoms with Gasteiger partial charge in [-0.25, -0.2) is 4.39 Å². The molecule has 0 saturated carbocycles. The fourth-order valence-electron chi connectivity index (χ4n) is 2.02. The van der Waals surface area contributed by atoms with Gasteiger partial charge in [-0.15, -0.1) is 0 Å². The minimum atomic E-state index is -0.602. The minimum absolute atomic E-state index is 0.315. The van der Waals surface area contributed by atoms with Crippen LogP contribution in [-0.4, -0.2) is 18.6 Å². The molecule has 1 aliphatic heterocycles. The van der Waals surface area contributed by atoms with Crippen molar-refractivity contribution in [2.24, 2.45) is 0 Å². The zero-order valence-corrected chi connectivity index (χ0v) is 9.81. The van der Waals surface area contributed by atoms with E-state index in [1.807, 2.05) is 6.26 Å². The van der Waals surface area contributed by atoms with E-state index in [2.05, 4.69) is 6.07 Å². The van der Waals surface area contributed by atoms with E-state index in [4.69, 9.17) is 4.74 Å². The number of ether oxygens (including phenoxy) is 1. The van der Waals surface area contributed by atoms with Crippen molar-refractivity contribution in [2.45, 2.75) is 11.8 Å². The Kier molecular flexibility index (Phi) is 3.06. The predicted molar refractivity (Wildman–Crippen MR) is 62.2 cm³/mol.